The SMILES string of the molecule is CCOC(=O)c1c[nH]c(SC(F)(F)F)c1-c1ccc(Cl)cc1. The Morgan fingerprint density at radius 2 is 1.95 bits per heavy atom. The standard InChI is InChI=1S/C14H11ClF3NO2S/c1-2-21-13(20)10-7-19-12(22-14(16,17)18)11(10)8-3-5-9(15)6-4-8/h3-7,19H,2H2,1H3. The summed E-state index contributed by atoms with van der Waals surface area (Å²) in [4.78, 5) is 14.4. The molecule has 1 heterocycles. The van der Waals surface area contributed by atoms with Crippen LogP contribution in [0.4, 0.5) is 13.2 Å². The van der Waals surface area contributed by atoms with Crippen molar-refractivity contribution in [1.29, 1.82) is 0 Å². The molecule has 2 rings (SSSR count). The lowest BCUT2D eigenvalue weighted by Crippen LogP contribution is -2.05. The molecule has 0 radical (unpaired) electrons. The fourth-order valence-electron chi connectivity index (χ4n) is 1.87. The first-order valence-electron chi connectivity index (χ1n) is 6.22. The van der Waals surface area contributed by atoms with E-state index in [1.165, 1.54) is 6.20 Å². The number of carbonyl (C=O) groups excluding carboxylic acids is 1. The molecular weight excluding hydrogens is 339 g/mol. The third kappa shape index (κ3) is 3.98. The van der Waals surface area contributed by atoms with Crippen LogP contribution < -0.4 is 0 Å². The monoisotopic (exact) mass is 349 g/mol. The van der Waals surface area contributed by atoms with Crippen molar-refractivity contribution >= 4 is 29.3 Å². The molecule has 0 amide bonds. The van der Waals surface area contributed by atoms with Crippen LogP contribution in [0.1, 0.15) is 17.3 Å². The van der Waals surface area contributed by atoms with Gasteiger partial charge in [-0.25, -0.2) is 4.79 Å². The van der Waals surface area contributed by atoms with Gasteiger partial charge in [-0.2, -0.15) is 13.2 Å². The minimum Gasteiger partial charge on any atom is -0.462 e. The number of aromatic amines is 1. The largest absolute Gasteiger partial charge is 0.462 e. The highest BCUT2D eigenvalue weighted by Crippen LogP contribution is 2.42. The Bertz CT molecular complexity index is 668. The number of ether oxygens (including phenoxy) is 1. The summed E-state index contributed by atoms with van der Waals surface area (Å²) >= 11 is 5.47. The molecule has 0 aliphatic rings. The van der Waals surface area contributed by atoms with Gasteiger partial charge < -0.3 is 9.72 Å². The lowest BCUT2D eigenvalue weighted by molar-refractivity contribution is -0.0329. The molecule has 3 nitrogen and oxygen atoms in total. The van der Waals surface area contributed by atoms with E-state index in [-0.39, 0.29) is 34.5 Å². The third-order valence-electron chi connectivity index (χ3n) is 2.69. The molecule has 0 aliphatic heterocycles. The summed E-state index contributed by atoms with van der Waals surface area (Å²) < 4.78 is 42.9. The molecule has 0 saturated heterocycles. The van der Waals surface area contributed by atoms with Gasteiger partial charge in [0.2, 0.25) is 0 Å². The van der Waals surface area contributed by atoms with Crippen molar-refractivity contribution in [1.82, 2.24) is 4.98 Å². The number of carbonyl (C=O) groups is 1. The second-order valence-corrected chi connectivity index (χ2v) is 5.69. The first-order valence-corrected chi connectivity index (χ1v) is 7.41. The van der Waals surface area contributed by atoms with E-state index in [0.29, 0.717) is 10.6 Å². The molecule has 8 heteroatoms. The Morgan fingerprint density at radius 1 is 1.32 bits per heavy atom. The first-order chi connectivity index (χ1) is 10.3. The molecule has 0 saturated carbocycles. The lowest BCUT2D eigenvalue weighted by atomic mass is 10.0. The lowest BCUT2D eigenvalue weighted by Gasteiger charge is -2.09. The molecule has 1 N–H and O–H groups in total. The van der Waals surface area contributed by atoms with Gasteiger partial charge in [-0.15, -0.1) is 0 Å². The zero-order chi connectivity index (χ0) is 16.3. The third-order valence-corrected chi connectivity index (χ3v) is 3.70. The van der Waals surface area contributed by atoms with Crippen LogP contribution in [0, 0.1) is 0 Å². The van der Waals surface area contributed by atoms with Gasteiger partial charge >= 0.3 is 11.5 Å². The second-order valence-electron chi connectivity index (χ2n) is 4.18. The maximum absolute atomic E-state index is 12.7. The van der Waals surface area contributed by atoms with Crippen molar-refractivity contribution in [2.45, 2.75) is 17.5 Å². The molecule has 0 aliphatic carbocycles. The maximum atomic E-state index is 12.7. The molecule has 0 atom stereocenters. The van der Waals surface area contributed by atoms with Gasteiger partial charge in [-0.05, 0) is 24.6 Å². The molecule has 0 fully saturated rings. The number of nitrogens with one attached hydrogen (secondary N) is 1. The zero-order valence-corrected chi connectivity index (χ0v) is 12.9. The van der Waals surface area contributed by atoms with Crippen LogP contribution >= 0.6 is 23.4 Å². The molecule has 0 bridgehead atoms. The predicted molar refractivity (Wildman–Crippen MR) is 79.1 cm³/mol. The minimum absolute atomic E-state index is 0.0518. The van der Waals surface area contributed by atoms with Gasteiger partial charge in [0.25, 0.3) is 0 Å². The zero-order valence-electron chi connectivity index (χ0n) is 11.3. The van der Waals surface area contributed by atoms with Crippen LogP contribution in [0.3, 0.4) is 0 Å². The molecule has 118 valence electrons. The number of aromatic nitrogens is 1. The number of halogens is 4. The van der Waals surface area contributed by atoms with E-state index in [2.05, 4.69) is 4.98 Å². The normalized spacial score (nSPS) is 11.5. The molecule has 1 aromatic heterocycles. The maximum Gasteiger partial charge on any atom is 0.447 e. The number of hydrogen-bond donors (Lipinski definition) is 1. The van der Waals surface area contributed by atoms with Crippen molar-refractivity contribution in [2.75, 3.05) is 6.61 Å². The number of esters is 1. The molecule has 1 aromatic carbocycles. The summed E-state index contributed by atoms with van der Waals surface area (Å²) in [6, 6.07) is 6.19. The summed E-state index contributed by atoms with van der Waals surface area (Å²) in [5.74, 6) is -0.683. The highest BCUT2D eigenvalue weighted by molar-refractivity contribution is 8.00. The Hall–Kier alpha value is -1.60. The van der Waals surface area contributed by atoms with Crippen molar-refractivity contribution in [2.24, 2.45) is 0 Å². The number of alkyl halides is 3. The molecule has 0 unspecified atom stereocenters. The van der Waals surface area contributed by atoms with Crippen LogP contribution in [0.2, 0.25) is 5.02 Å². The van der Waals surface area contributed by atoms with Gasteiger partial charge in [0, 0.05) is 28.5 Å². The summed E-state index contributed by atoms with van der Waals surface area (Å²) in [7, 11) is 0. The van der Waals surface area contributed by atoms with Crippen molar-refractivity contribution in [3.05, 3.63) is 41.0 Å². The van der Waals surface area contributed by atoms with Crippen LogP contribution in [0.5, 0.6) is 0 Å². The number of rotatable bonds is 4. The molecular formula is C14H11ClF3NO2S. The predicted octanol–water partition coefficient (Wildman–Crippen LogP) is 5.12. The van der Waals surface area contributed by atoms with Gasteiger partial charge in [0.1, 0.15) is 0 Å². The van der Waals surface area contributed by atoms with Crippen LogP contribution in [0.15, 0.2) is 35.5 Å². The number of benzene rings is 1. The highest BCUT2D eigenvalue weighted by Gasteiger charge is 2.33. The van der Waals surface area contributed by atoms with Crippen LogP contribution in [-0.4, -0.2) is 23.1 Å². The fourth-order valence-corrected chi connectivity index (χ4v) is 2.68. The van der Waals surface area contributed by atoms with E-state index in [1.807, 2.05) is 0 Å². The Morgan fingerprint density at radius 3 is 2.50 bits per heavy atom. The van der Waals surface area contributed by atoms with Crippen molar-refractivity contribution in [3.63, 3.8) is 0 Å². The quantitative estimate of drug-likeness (QED) is 0.615. The first kappa shape index (κ1) is 16.8. The van der Waals surface area contributed by atoms with E-state index in [9.17, 15) is 18.0 Å². The smallest absolute Gasteiger partial charge is 0.447 e. The molecule has 22 heavy (non-hydrogen) atoms. The number of thioether (sulfide) groups is 1. The van der Waals surface area contributed by atoms with Crippen molar-refractivity contribution in [3.8, 4) is 11.1 Å². The Kier molecular flexibility index (Phi) is 5.08. The Balaban J connectivity index is 2.52. The van der Waals surface area contributed by atoms with E-state index in [1.54, 1.807) is 31.2 Å². The van der Waals surface area contributed by atoms with E-state index < -0.39 is 11.5 Å². The second kappa shape index (κ2) is 6.66. The van der Waals surface area contributed by atoms with E-state index in [0.717, 1.165) is 0 Å². The molecule has 0 spiro atoms. The average Bonchev–Trinajstić information content (AvgIpc) is 2.81. The van der Waals surface area contributed by atoms with E-state index >= 15 is 0 Å². The summed E-state index contributed by atoms with van der Waals surface area (Å²) in [5.41, 5.74) is -3.83. The van der Waals surface area contributed by atoms with Crippen LogP contribution in [0.25, 0.3) is 11.1 Å². The average molecular weight is 350 g/mol. The van der Waals surface area contributed by atoms with Gasteiger partial charge in [-0.3, -0.25) is 0 Å². The van der Waals surface area contributed by atoms with Gasteiger partial charge in [0.05, 0.1) is 17.2 Å². The number of H-pyrrole nitrogens is 1. The van der Waals surface area contributed by atoms with Gasteiger partial charge in [0.15, 0.2) is 0 Å². The topological polar surface area (TPSA) is 42.1 Å². The number of hydrogen-bond acceptors (Lipinski definition) is 3. The van der Waals surface area contributed by atoms with Crippen molar-refractivity contribution < 1.29 is 22.7 Å². The summed E-state index contributed by atoms with van der Waals surface area (Å²) in [5, 5.41) is 0.278. The Labute approximate surface area is 133 Å². The van der Waals surface area contributed by atoms with E-state index in [4.69, 9.17) is 16.3 Å². The fraction of sp³-hybridized carbons (Fsp3) is 0.214. The summed E-state index contributed by atoms with van der Waals surface area (Å²) in [6.45, 7) is 1.75. The van der Waals surface area contributed by atoms with Gasteiger partial charge in [-0.1, -0.05) is 23.7 Å². The molecule has 2 aromatic rings. The summed E-state index contributed by atoms with van der Waals surface area (Å²) in [6.07, 6.45) is 1.22. The minimum atomic E-state index is -4.47. The van der Waals surface area contributed by atoms with Crippen LogP contribution in [-0.2, 0) is 4.74 Å². The highest BCUT2D eigenvalue weighted by atomic mass is 35.5.